The van der Waals surface area contributed by atoms with Crippen molar-refractivity contribution in [2.24, 2.45) is 5.92 Å². The summed E-state index contributed by atoms with van der Waals surface area (Å²) in [6, 6.07) is 5.56. The number of nitrogens with one attached hydrogen (secondary N) is 1. The minimum Gasteiger partial charge on any atom is -0.465 e. The number of hydrogen-bond donors (Lipinski definition) is 1. The predicted octanol–water partition coefficient (Wildman–Crippen LogP) is 1.63. The fourth-order valence-electron chi connectivity index (χ4n) is 2.55. The number of benzene rings is 1. The molecule has 0 saturated carbocycles. The molecule has 2 rings (SSSR count). The van der Waals surface area contributed by atoms with E-state index >= 15 is 0 Å². The summed E-state index contributed by atoms with van der Waals surface area (Å²) in [5, 5.41) is 0. The maximum atomic E-state index is 12.5. The van der Waals surface area contributed by atoms with Crippen LogP contribution in [0.3, 0.4) is 0 Å². The van der Waals surface area contributed by atoms with E-state index in [1.807, 2.05) is 6.92 Å². The Morgan fingerprint density at radius 3 is 2.65 bits per heavy atom. The van der Waals surface area contributed by atoms with E-state index in [0.29, 0.717) is 13.2 Å². The molecule has 1 heterocycles. The van der Waals surface area contributed by atoms with Crippen LogP contribution < -0.4 is 4.72 Å². The van der Waals surface area contributed by atoms with Crippen LogP contribution in [0.25, 0.3) is 0 Å². The summed E-state index contributed by atoms with van der Waals surface area (Å²) in [7, 11) is -3.80. The van der Waals surface area contributed by atoms with Crippen molar-refractivity contribution in [1.82, 2.24) is 4.72 Å². The van der Waals surface area contributed by atoms with Crippen molar-refractivity contribution in [2.45, 2.75) is 37.6 Å². The molecule has 1 aromatic carbocycles. The second kappa shape index (κ2) is 7.90. The molecule has 1 fully saturated rings. The van der Waals surface area contributed by atoms with Gasteiger partial charge in [-0.05, 0) is 38.8 Å². The van der Waals surface area contributed by atoms with Gasteiger partial charge in [0.15, 0.2) is 0 Å². The molecule has 2 atom stereocenters. The van der Waals surface area contributed by atoms with Gasteiger partial charge in [-0.15, -0.1) is 0 Å². The summed E-state index contributed by atoms with van der Waals surface area (Å²) in [4.78, 5) is 12.3. The van der Waals surface area contributed by atoms with Gasteiger partial charge in [0.05, 0.1) is 18.1 Å². The zero-order valence-corrected chi connectivity index (χ0v) is 14.3. The predicted molar refractivity (Wildman–Crippen MR) is 85.5 cm³/mol. The first-order chi connectivity index (χ1) is 10.9. The van der Waals surface area contributed by atoms with Gasteiger partial charge >= 0.3 is 5.97 Å². The first-order valence-electron chi connectivity index (χ1n) is 7.77. The number of sulfonamides is 1. The zero-order valence-electron chi connectivity index (χ0n) is 13.4. The summed E-state index contributed by atoms with van der Waals surface area (Å²) in [5.41, 5.74) is 0.964. The van der Waals surface area contributed by atoms with E-state index in [-0.39, 0.29) is 17.4 Å². The standard InChI is InChI=1S/C16H23NO5S/c1-3-22-16(18)15(13-5-4-10-21-11-13)17-23(19,20)14-8-6-12(2)7-9-14/h6-9,13,15,17H,3-5,10-11H2,1-2H3/t13-,15+/m1/s1. The third-order valence-corrected chi connectivity index (χ3v) is 5.28. The van der Waals surface area contributed by atoms with E-state index in [1.165, 1.54) is 12.1 Å². The van der Waals surface area contributed by atoms with Crippen molar-refractivity contribution in [3.63, 3.8) is 0 Å². The molecule has 0 unspecified atom stereocenters. The molecule has 23 heavy (non-hydrogen) atoms. The number of ether oxygens (including phenoxy) is 2. The Hall–Kier alpha value is -1.44. The highest BCUT2D eigenvalue weighted by molar-refractivity contribution is 7.89. The number of carbonyl (C=O) groups is 1. The van der Waals surface area contributed by atoms with Crippen molar-refractivity contribution in [3.05, 3.63) is 29.8 Å². The number of esters is 1. The van der Waals surface area contributed by atoms with E-state index in [2.05, 4.69) is 4.72 Å². The summed E-state index contributed by atoms with van der Waals surface area (Å²) in [5.74, 6) is -0.776. The summed E-state index contributed by atoms with van der Waals surface area (Å²) < 4.78 is 38.0. The van der Waals surface area contributed by atoms with Gasteiger partial charge in [0.1, 0.15) is 6.04 Å². The van der Waals surface area contributed by atoms with Crippen molar-refractivity contribution in [1.29, 1.82) is 0 Å². The molecule has 0 amide bonds. The molecule has 128 valence electrons. The van der Waals surface area contributed by atoms with Crippen LogP contribution in [-0.2, 0) is 24.3 Å². The van der Waals surface area contributed by atoms with Crippen molar-refractivity contribution >= 4 is 16.0 Å². The maximum absolute atomic E-state index is 12.5. The lowest BCUT2D eigenvalue weighted by molar-refractivity contribution is -0.148. The van der Waals surface area contributed by atoms with Crippen molar-refractivity contribution < 1.29 is 22.7 Å². The number of hydrogen-bond acceptors (Lipinski definition) is 5. The van der Waals surface area contributed by atoms with Crippen LogP contribution in [0, 0.1) is 12.8 Å². The van der Waals surface area contributed by atoms with Gasteiger partial charge in [0.2, 0.25) is 10.0 Å². The lowest BCUT2D eigenvalue weighted by Crippen LogP contribution is -2.49. The molecule has 0 bridgehead atoms. The van der Waals surface area contributed by atoms with Crippen LogP contribution in [0.2, 0.25) is 0 Å². The maximum Gasteiger partial charge on any atom is 0.324 e. The third-order valence-electron chi connectivity index (χ3n) is 3.82. The molecular formula is C16H23NO5S. The molecular weight excluding hydrogens is 318 g/mol. The van der Waals surface area contributed by atoms with Gasteiger partial charge < -0.3 is 9.47 Å². The van der Waals surface area contributed by atoms with E-state index in [4.69, 9.17) is 9.47 Å². The molecule has 0 radical (unpaired) electrons. The Bertz CT molecular complexity index is 620. The fourth-order valence-corrected chi connectivity index (χ4v) is 3.80. The lowest BCUT2D eigenvalue weighted by atomic mass is 9.94. The van der Waals surface area contributed by atoms with Crippen LogP contribution >= 0.6 is 0 Å². The van der Waals surface area contributed by atoms with Gasteiger partial charge in [-0.25, -0.2) is 8.42 Å². The number of rotatable bonds is 6. The Balaban J connectivity index is 2.21. The quantitative estimate of drug-likeness (QED) is 0.795. The monoisotopic (exact) mass is 341 g/mol. The molecule has 6 nitrogen and oxygen atoms in total. The van der Waals surface area contributed by atoms with Crippen LogP contribution in [-0.4, -0.2) is 40.2 Å². The Kier molecular flexibility index (Phi) is 6.15. The van der Waals surface area contributed by atoms with Crippen molar-refractivity contribution in [3.8, 4) is 0 Å². The molecule has 7 heteroatoms. The minimum absolute atomic E-state index is 0.133. The molecule has 0 spiro atoms. The first kappa shape index (κ1) is 17.9. The normalized spacial score (nSPS) is 20.0. The molecule has 0 aromatic heterocycles. The smallest absolute Gasteiger partial charge is 0.324 e. The van der Waals surface area contributed by atoms with Crippen molar-refractivity contribution in [2.75, 3.05) is 19.8 Å². The summed E-state index contributed by atoms with van der Waals surface area (Å²) in [6.45, 7) is 4.76. The number of carbonyl (C=O) groups excluding carboxylic acids is 1. The van der Waals surface area contributed by atoms with Gasteiger partial charge in [-0.2, -0.15) is 4.72 Å². The van der Waals surface area contributed by atoms with Crippen LogP contribution in [0.5, 0.6) is 0 Å². The number of aryl methyl sites for hydroxylation is 1. The lowest BCUT2D eigenvalue weighted by Gasteiger charge is -2.29. The van der Waals surface area contributed by atoms with Crippen LogP contribution in [0.1, 0.15) is 25.3 Å². The Morgan fingerprint density at radius 1 is 1.39 bits per heavy atom. The molecule has 0 aliphatic carbocycles. The minimum atomic E-state index is -3.80. The molecule has 1 aliphatic heterocycles. The van der Waals surface area contributed by atoms with Crippen LogP contribution in [0.15, 0.2) is 29.2 Å². The van der Waals surface area contributed by atoms with E-state index in [0.717, 1.165) is 18.4 Å². The van der Waals surface area contributed by atoms with E-state index < -0.39 is 22.0 Å². The van der Waals surface area contributed by atoms with E-state index in [1.54, 1.807) is 19.1 Å². The van der Waals surface area contributed by atoms with E-state index in [9.17, 15) is 13.2 Å². The second-order valence-electron chi connectivity index (χ2n) is 5.64. The summed E-state index contributed by atoms with van der Waals surface area (Å²) >= 11 is 0. The second-order valence-corrected chi connectivity index (χ2v) is 7.36. The topological polar surface area (TPSA) is 81.7 Å². The highest BCUT2D eigenvalue weighted by Gasteiger charge is 2.35. The molecule has 1 aromatic rings. The average Bonchev–Trinajstić information content (AvgIpc) is 2.54. The highest BCUT2D eigenvalue weighted by Crippen LogP contribution is 2.21. The van der Waals surface area contributed by atoms with Gasteiger partial charge in [0, 0.05) is 12.5 Å². The SMILES string of the molecule is CCOC(=O)[C@@H](NS(=O)(=O)c1ccc(C)cc1)[C@@H]1CCCOC1. The molecule has 1 N–H and O–H groups in total. The highest BCUT2D eigenvalue weighted by atomic mass is 32.2. The Labute approximate surface area is 137 Å². The van der Waals surface area contributed by atoms with Crippen LogP contribution in [0.4, 0.5) is 0 Å². The molecule has 1 saturated heterocycles. The van der Waals surface area contributed by atoms with Gasteiger partial charge in [-0.1, -0.05) is 17.7 Å². The largest absolute Gasteiger partial charge is 0.465 e. The zero-order chi connectivity index (χ0) is 16.9. The molecule has 1 aliphatic rings. The first-order valence-corrected chi connectivity index (χ1v) is 9.25. The Morgan fingerprint density at radius 2 is 2.09 bits per heavy atom. The fraction of sp³-hybridized carbons (Fsp3) is 0.562. The van der Waals surface area contributed by atoms with Gasteiger partial charge in [-0.3, -0.25) is 4.79 Å². The summed E-state index contributed by atoms with van der Waals surface area (Å²) in [6.07, 6.45) is 1.52. The van der Waals surface area contributed by atoms with Gasteiger partial charge in [0.25, 0.3) is 0 Å². The average molecular weight is 341 g/mol. The third kappa shape index (κ3) is 4.76.